The number of carbonyl (C=O) groups excluding carboxylic acids is 1. The fraction of sp³-hybridized carbons (Fsp3) is 0.440. The summed E-state index contributed by atoms with van der Waals surface area (Å²) in [6, 6.07) is 7.92. The molecule has 34 heavy (non-hydrogen) atoms. The summed E-state index contributed by atoms with van der Waals surface area (Å²) in [6.45, 7) is 3.57. The normalized spacial score (nSPS) is 14.1. The Kier molecular flexibility index (Phi) is 8.91. The number of aliphatic carboxylic acids is 1. The molecule has 0 saturated heterocycles. The van der Waals surface area contributed by atoms with Crippen molar-refractivity contribution < 1.29 is 24.2 Å². The average molecular weight is 509 g/mol. The molecule has 0 aliphatic heterocycles. The first-order valence-electron chi connectivity index (χ1n) is 11.3. The number of carboxylic acids is 1. The van der Waals surface area contributed by atoms with Crippen molar-refractivity contribution in [3.05, 3.63) is 45.9 Å². The average Bonchev–Trinajstić information content (AvgIpc) is 2.80. The summed E-state index contributed by atoms with van der Waals surface area (Å²) in [5, 5.41) is 12.6. The predicted octanol–water partition coefficient (Wildman–Crippen LogP) is 6.85. The molecule has 0 unspecified atom stereocenters. The number of halogens is 2. The summed E-state index contributed by atoms with van der Waals surface area (Å²) in [6.07, 6.45) is 4.97. The van der Waals surface area contributed by atoms with E-state index in [1.807, 2.05) is 26.0 Å². The zero-order chi connectivity index (χ0) is 24.8. The minimum atomic E-state index is -1.15. The number of hydrogen-bond acceptors (Lipinski definition) is 4. The molecular weight excluding hydrogens is 479 g/mol. The van der Waals surface area contributed by atoms with E-state index in [-0.39, 0.29) is 33.4 Å². The Balaban J connectivity index is 1.86. The molecule has 2 amide bonds. The number of carbonyl (C=O) groups is 2. The van der Waals surface area contributed by atoms with E-state index >= 15 is 0 Å². The number of amides is 2. The number of nitrogens with one attached hydrogen (secondary N) is 1. The van der Waals surface area contributed by atoms with Gasteiger partial charge in [0.25, 0.3) is 0 Å². The van der Waals surface area contributed by atoms with E-state index in [1.165, 1.54) is 12.1 Å². The minimum absolute atomic E-state index is 0.0244. The molecule has 9 heteroatoms. The Hall–Kier alpha value is -2.64. The van der Waals surface area contributed by atoms with Crippen LogP contribution < -0.4 is 19.7 Å². The summed E-state index contributed by atoms with van der Waals surface area (Å²) in [4.78, 5) is 25.5. The van der Waals surface area contributed by atoms with Crippen LogP contribution in [0.15, 0.2) is 30.3 Å². The van der Waals surface area contributed by atoms with Crippen molar-refractivity contribution in [2.75, 3.05) is 18.6 Å². The maximum atomic E-state index is 12.9. The Morgan fingerprint density at radius 1 is 1.12 bits per heavy atom. The quantitative estimate of drug-likeness (QED) is 0.406. The fourth-order valence-corrected chi connectivity index (χ4v) is 4.61. The minimum Gasteiger partial charge on any atom is -0.496 e. The van der Waals surface area contributed by atoms with E-state index in [1.54, 1.807) is 13.2 Å². The fourth-order valence-electron chi connectivity index (χ4n) is 4.06. The smallest absolute Gasteiger partial charge is 0.323 e. The van der Waals surface area contributed by atoms with Crippen LogP contribution in [0.2, 0.25) is 10.0 Å². The van der Waals surface area contributed by atoms with Crippen molar-refractivity contribution in [1.82, 2.24) is 5.32 Å². The Morgan fingerprint density at radius 2 is 1.76 bits per heavy atom. The molecule has 0 radical (unpaired) electrons. The van der Waals surface area contributed by atoms with Crippen LogP contribution in [-0.4, -0.2) is 36.8 Å². The van der Waals surface area contributed by atoms with Gasteiger partial charge in [0.05, 0.1) is 17.2 Å². The van der Waals surface area contributed by atoms with Crippen LogP contribution >= 0.6 is 23.2 Å². The largest absolute Gasteiger partial charge is 0.496 e. The summed E-state index contributed by atoms with van der Waals surface area (Å²) in [7, 11) is 1.61. The first-order chi connectivity index (χ1) is 16.2. The number of anilines is 1. The van der Waals surface area contributed by atoms with Gasteiger partial charge in [-0.05, 0) is 49.1 Å². The third-order valence-electron chi connectivity index (χ3n) is 5.81. The highest BCUT2D eigenvalue weighted by molar-refractivity contribution is 6.37. The standard InChI is InChI=1S/C25H30Cl2N2O5/c1-15(2)19-13-18(9-10-22(19)33-3)34-24-20(26)11-17(12-21(24)27)29(14-23(30)31)25(32)28-16-7-5-4-6-8-16/h9-13,15-16H,4-8,14H2,1-3H3,(H,28,32)(H,30,31). The van der Waals surface area contributed by atoms with E-state index in [2.05, 4.69) is 5.32 Å². The molecule has 0 atom stereocenters. The van der Waals surface area contributed by atoms with Crippen LogP contribution in [0.3, 0.4) is 0 Å². The van der Waals surface area contributed by atoms with Gasteiger partial charge in [0.2, 0.25) is 0 Å². The van der Waals surface area contributed by atoms with Gasteiger partial charge in [-0.3, -0.25) is 9.69 Å². The molecule has 1 aliphatic carbocycles. The van der Waals surface area contributed by atoms with Gasteiger partial charge in [-0.15, -0.1) is 0 Å². The van der Waals surface area contributed by atoms with Crippen LogP contribution in [0.5, 0.6) is 17.2 Å². The SMILES string of the molecule is COc1ccc(Oc2c(Cl)cc(N(CC(=O)O)C(=O)NC3CCCCC3)cc2Cl)cc1C(C)C. The molecule has 184 valence electrons. The zero-order valence-electron chi connectivity index (χ0n) is 19.6. The maximum Gasteiger partial charge on any atom is 0.323 e. The number of methoxy groups -OCH3 is 1. The van der Waals surface area contributed by atoms with Gasteiger partial charge in [-0.25, -0.2) is 4.79 Å². The topological polar surface area (TPSA) is 88.1 Å². The van der Waals surface area contributed by atoms with Gasteiger partial charge in [-0.1, -0.05) is 56.3 Å². The Bertz CT molecular complexity index is 1010. The molecule has 2 aromatic carbocycles. The lowest BCUT2D eigenvalue weighted by Gasteiger charge is -2.28. The Labute approximate surface area is 209 Å². The number of hydrogen-bond donors (Lipinski definition) is 2. The lowest BCUT2D eigenvalue weighted by Crippen LogP contribution is -2.47. The second-order valence-electron chi connectivity index (χ2n) is 8.66. The van der Waals surface area contributed by atoms with Gasteiger partial charge in [0, 0.05) is 17.3 Å². The van der Waals surface area contributed by atoms with Crippen LogP contribution in [0.1, 0.15) is 57.4 Å². The first-order valence-corrected chi connectivity index (χ1v) is 12.1. The molecule has 0 heterocycles. The van der Waals surface area contributed by atoms with Gasteiger partial charge in [-0.2, -0.15) is 0 Å². The third kappa shape index (κ3) is 6.48. The zero-order valence-corrected chi connectivity index (χ0v) is 21.1. The van der Waals surface area contributed by atoms with Crippen LogP contribution in [-0.2, 0) is 4.79 Å². The molecular formula is C25H30Cl2N2O5. The van der Waals surface area contributed by atoms with Crippen molar-refractivity contribution in [3.63, 3.8) is 0 Å². The van der Waals surface area contributed by atoms with Crippen molar-refractivity contribution in [3.8, 4) is 17.2 Å². The molecule has 0 spiro atoms. The highest BCUT2D eigenvalue weighted by Gasteiger charge is 2.25. The highest BCUT2D eigenvalue weighted by atomic mass is 35.5. The highest BCUT2D eigenvalue weighted by Crippen LogP contribution is 2.41. The maximum absolute atomic E-state index is 12.9. The second kappa shape index (κ2) is 11.7. The summed E-state index contributed by atoms with van der Waals surface area (Å²) >= 11 is 13.0. The summed E-state index contributed by atoms with van der Waals surface area (Å²) in [5.41, 5.74) is 1.24. The lowest BCUT2D eigenvalue weighted by molar-refractivity contribution is -0.135. The van der Waals surface area contributed by atoms with Crippen molar-refractivity contribution in [2.24, 2.45) is 0 Å². The van der Waals surface area contributed by atoms with Crippen LogP contribution in [0.4, 0.5) is 10.5 Å². The van der Waals surface area contributed by atoms with E-state index in [0.29, 0.717) is 5.75 Å². The predicted molar refractivity (Wildman–Crippen MR) is 134 cm³/mol. The molecule has 3 rings (SSSR count). The van der Waals surface area contributed by atoms with Crippen LogP contribution in [0, 0.1) is 0 Å². The molecule has 1 fully saturated rings. The molecule has 0 aromatic heterocycles. The third-order valence-corrected chi connectivity index (χ3v) is 6.37. The van der Waals surface area contributed by atoms with E-state index in [4.69, 9.17) is 32.7 Å². The second-order valence-corrected chi connectivity index (χ2v) is 9.48. The molecule has 0 bridgehead atoms. The molecule has 2 N–H and O–H groups in total. The Morgan fingerprint density at radius 3 is 2.32 bits per heavy atom. The first kappa shape index (κ1) is 26.0. The number of nitrogens with zero attached hydrogens (tertiary/aromatic N) is 1. The molecule has 1 saturated carbocycles. The van der Waals surface area contributed by atoms with E-state index in [9.17, 15) is 14.7 Å². The van der Waals surface area contributed by atoms with Gasteiger partial charge in [0.15, 0.2) is 5.75 Å². The van der Waals surface area contributed by atoms with E-state index in [0.717, 1.165) is 48.3 Å². The van der Waals surface area contributed by atoms with Crippen molar-refractivity contribution in [1.29, 1.82) is 0 Å². The molecule has 7 nitrogen and oxygen atoms in total. The van der Waals surface area contributed by atoms with Crippen LogP contribution in [0.25, 0.3) is 0 Å². The number of rotatable bonds is 8. The van der Waals surface area contributed by atoms with Crippen molar-refractivity contribution in [2.45, 2.75) is 57.9 Å². The molecule has 2 aromatic rings. The number of urea groups is 1. The summed E-state index contributed by atoms with van der Waals surface area (Å²) in [5.74, 6) is 0.557. The number of ether oxygens (including phenoxy) is 2. The van der Waals surface area contributed by atoms with Gasteiger partial charge >= 0.3 is 12.0 Å². The number of benzene rings is 2. The van der Waals surface area contributed by atoms with E-state index < -0.39 is 18.5 Å². The lowest BCUT2D eigenvalue weighted by atomic mass is 9.96. The number of carboxylic acid groups (broad SMARTS) is 1. The monoisotopic (exact) mass is 508 g/mol. The summed E-state index contributed by atoms with van der Waals surface area (Å²) < 4.78 is 11.4. The van der Waals surface area contributed by atoms with Crippen molar-refractivity contribution >= 4 is 40.9 Å². The van der Waals surface area contributed by atoms with Gasteiger partial charge < -0.3 is 19.9 Å². The van der Waals surface area contributed by atoms with Gasteiger partial charge in [0.1, 0.15) is 18.0 Å². The molecule has 1 aliphatic rings.